The number of hydrogen-bond acceptors (Lipinski definition) is 3. The molecule has 0 saturated carbocycles. The molecule has 0 amide bonds. The van der Waals surface area contributed by atoms with Gasteiger partial charge in [0, 0.05) is 19.9 Å². The molecule has 1 aromatic rings. The number of hydrogen-bond donors (Lipinski definition) is 1. The molecule has 0 aliphatic rings. The maximum Gasteiger partial charge on any atom is 0.0818 e. The van der Waals surface area contributed by atoms with E-state index in [1.54, 1.807) is 4.68 Å². The lowest BCUT2D eigenvalue weighted by Gasteiger charge is -2.21. The number of nitrogens with two attached hydrogens (primary N) is 1. The van der Waals surface area contributed by atoms with Crippen LogP contribution in [0.3, 0.4) is 0 Å². The molecule has 1 heterocycles. The van der Waals surface area contributed by atoms with E-state index in [9.17, 15) is 0 Å². The van der Waals surface area contributed by atoms with Crippen LogP contribution in [0.15, 0.2) is 12.3 Å². The van der Waals surface area contributed by atoms with Crippen molar-refractivity contribution >= 4 is 0 Å². The predicted octanol–water partition coefficient (Wildman–Crippen LogP) is 1.63. The lowest BCUT2D eigenvalue weighted by molar-refractivity contribution is 0.0364. The van der Waals surface area contributed by atoms with Crippen LogP contribution in [0.5, 0.6) is 0 Å². The molecule has 0 aromatic carbocycles. The van der Waals surface area contributed by atoms with E-state index in [1.807, 2.05) is 26.2 Å². The van der Waals surface area contributed by atoms with Gasteiger partial charge in [-0.2, -0.15) is 5.10 Å². The van der Waals surface area contributed by atoms with Gasteiger partial charge in [0.15, 0.2) is 0 Å². The van der Waals surface area contributed by atoms with Crippen LogP contribution < -0.4 is 5.73 Å². The maximum absolute atomic E-state index is 6.12. The maximum atomic E-state index is 6.12. The zero-order valence-corrected chi connectivity index (χ0v) is 9.81. The van der Waals surface area contributed by atoms with Gasteiger partial charge in [-0.15, -0.1) is 0 Å². The highest BCUT2D eigenvalue weighted by Gasteiger charge is 2.20. The van der Waals surface area contributed by atoms with E-state index < -0.39 is 0 Å². The van der Waals surface area contributed by atoms with Gasteiger partial charge in [0.2, 0.25) is 0 Å². The van der Waals surface area contributed by atoms with Crippen LogP contribution >= 0.6 is 0 Å². The largest absolute Gasteiger partial charge is 0.376 e. The summed E-state index contributed by atoms with van der Waals surface area (Å²) in [6.45, 7) is 4.83. The summed E-state index contributed by atoms with van der Waals surface area (Å²) in [5.41, 5.74) is 7.03. The highest BCUT2D eigenvalue weighted by Crippen LogP contribution is 2.18. The van der Waals surface area contributed by atoms with Crippen molar-refractivity contribution in [1.29, 1.82) is 0 Å². The van der Waals surface area contributed by atoms with Crippen LogP contribution in [0.1, 0.15) is 38.4 Å². The van der Waals surface area contributed by atoms with Crippen LogP contribution in [-0.4, -0.2) is 22.5 Å². The van der Waals surface area contributed by atoms with E-state index >= 15 is 0 Å². The van der Waals surface area contributed by atoms with Gasteiger partial charge in [-0.3, -0.25) is 4.68 Å². The summed E-state index contributed by atoms with van der Waals surface area (Å²) in [5, 5.41) is 4.31. The summed E-state index contributed by atoms with van der Waals surface area (Å²) in [7, 11) is 1.89. The van der Waals surface area contributed by atoms with Gasteiger partial charge < -0.3 is 10.5 Å². The first-order chi connectivity index (χ1) is 7.19. The fourth-order valence-corrected chi connectivity index (χ4v) is 1.67. The number of ether oxygens (including phenoxy) is 1. The van der Waals surface area contributed by atoms with Crippen LogP contribution in [0, 0.1) is 0 Å². The van der Waals surface area contributed by atoms with Crippen molar-refractivity contribution in [3.63, 3.8) is 0 Å². The Bertz CT molecular complexity index is 279. The Morgan fingerprint density at radius 3 is 2.73 bits per heavy atom. The van der Waals surface area contributed by atoms with Crippen LogP contribution in [-0.2, 0) is 11.8 Å². The molecule has 1 aromatic heterocycles. The Hall–Kier alpha value is -0.870. The number of nitrogens with zero attached hydrogens (tertiary/aromatic N) is 2. The normalized spacial score (nSPS) is 15.2. The highest BCUT2D eigenvalue weighted by molar-refractivity contribution is 5.06. The lowest BCUT2D eigenvalue weighted by atomic mass is 10.0. The molecule has 1 rings (SSSR count). The molecule has 86 valence electrons. The van der Waals surface area contributed by atoms with Gasteiger partial charge in [0.05, 0.1) is 17.8 Å². The first kappa shape index (κ1) is 12.2. The third kappa shape index (κ3) is 3.32. The Kier molecular flexibility index (Phi) is 4.78. The SMILES string of the molecule is CCCC(OCC)C(N)c1ccn(C)n1. The van der Waals surface area contributed by atoms with Crippen molar-refractivity contribution in [1.82, 2.24) is 9.78 Å². The summed E-state index contributed by atoms with van der Waals surface area (Å²) in [5.74, 6) is 0. The first-order valence-electron chi connectivity index (χ1n) is 5.55. The summed E-state index contributed by atoms with van der Waals surface area (Å²) in [4.78, 5) is 0. The smallest absolute Gasteiger partial charge is 0.0818 e. The molecule has 0 fully saturated rings. The average molecular weight is 211 g/mol. The molecule has 0 saturated heterocycles. The molecule has 0 radical (unpaired) electrons. The Labute approximate surface area is 91.4 Å². The zero-order valence-electron chi connectivity index (χ0n) is 9.81. The second kappa shape index (κ2) is 5.88. The molecule has 0 aliphatic carbocycles. The van der Waals surface area contributed by atoms with Crippen LogP contribution in [0.2, 0.25) is 0 Å². The van der Waals surface area contributed by atoms with E-state index in [-0.39, 0.29) is 12.1 Å². The van der Waals surface area contributed by atoms with E-state index in [0.29, 0.717) is 6.61 Å². The molecule has 2 unspecified atom stereocenters. The fourth-order valence-electron chi connectivity index (χ4n) is 1.67. The Morgan fingerprint density at radius 1 is 1.53 bits per heavy atom. The molecule has 2 N–H and O–H groups in total. The molecule has 4 heteroatoms. The number of rotatable bonds is 6. The van der Waals surface area contributed by atoms with Gasteiger partial charge in [-0.1, -0.05) is 13.3 Å². The van der Waals surface area contributed by atoms with Crippen molar-refractivity contribution < 1.29 is 4.74 Å². The first-order valence-corrected chi connectivity index (χ1v) is 5.55. The second-order valence-electron chi connectivity index (χ2n) is 3.72. The van der Waals surface area contributed by atoms with Gasteiger partial charge in [-0.25, -0.2) is 0 Å². The van der Waals surface area contributed by atoms with Crippen molar-refractivity contribution in [3.8, 4) is 0 Å². The predicted molar refractivity (Wildman–Crippen MR) is 60.5 cm³/mol. The third-order valence-electron chi connectivity index (χ3n) is 2.43. The molecular weight excluding hydrogens is 190 g/mol. The van der Waals surface area contributed by atoms with Crippen molar-refractivity contribution in [2.24, 2.45) is 12.8 Å². The van der Waals surface area contributed by atoms with Crippen molar-refractivity contribution in [2.75, 3.05) is 6.61 Å². The zero-order chi connectivity index (χ0) is 11.3. The number of aromatic nitrogens is 2. The highest BCUT2D eigenvalue weighted by atomic mass is 16.5. The third-order valence-corrected chi connectivity index (χ3v) is 2.43. The number of aryl methyl sites for hydroxylation is 1. The minimum absolute atomic E-state index is 0.0786. The molecule has 0 spiro atoms. The standard InChI is InChI=1S/C11H21N3O/c1-4-6-10(15-5-2)11(12)9-7-8-14(3)13-9/h7-8,10-11H,4-6,12H2,1-3H3. The molecule has 2 atom stereocenters. The van der Waals surface area contributed by atoms with E-state index in [1.165, 1.54) is 0 Å². The second-order valence-corrected chi connectivity index (χ2v) is 3.72. The van der Waals surface area contributed by atoms with Crippen molar-refractivity contribution in [2.45, 2.75) is 38.8 Å². The van der Waals surface area contributed by atoms with Gasteiger partial charge in [0.25, 0.3) is 0 Å². The summed E-state index contributed by atoms with van der Waals surface area (Å²) >= 11 is 0. The van der Waals surface area contributed by atoms with Crippen LogP contribution in [0.25, 0.3) is 0 Å². The lowest BCUT2D eigenvalue weighted by Crippen LogP contribution is -2.29. The van der Waals surface area contributed by atoms with E-state index in [2.05, 4.69) is 12.0 Å². The molecule has 0 aliphatic heterocycles. The summed E-state index contributed by atoms with van der Waals surface area (Å²) in [6.07, 6.45) is 4.04. The fraction of sp³-hybridized carbons (Fsp3) is 0.727. The van der Waals surface area contributed by atoms with Gasteiger partial charge >= 0.3 is 0 Å². The van der Waals surface area contributed by atoms with E-state index in [4.69, 9.17) is 10.5 Å². The average Bonchev–Trinajstić information content (AvgIpc) is 2.63. The molecule has 15 heavy (non-hydrogen) atoms. The minimum atomic E-state index is -0.119. The van der Waals surface area contributed by atoms with Crippen molar-refractivity contribution in [3.05, 3.63) is 18.0 Å². The molecule has 0 bridgehead atoms. The Balaban J connectivity index is 2.66. The summed E-state index contributed by atoms with van der Waals surface area (Å²) in [6, 6.07) is 1.83. The Morgan fingerprint density at radius 2 is 2.27 bits per heavy atom. The molecule has 4 nitrogen and oxygen atoms in total. The topological polar surface area (TPSA) is 53.1 Å². The summed E-state index contributed by atoms with van der Waals surface area (Å²) < 4.78 is 7.40. The quantitative estimate of drug-likeness (QED) is 0.778. The monoisotopic (exact) mass is 211 g/mol. The van der Waals surface area contributed by atoms with Crippen LogP contribution in [0.4, 0.5) is 0 Å². The molecular formula is C11H21N3O. The van der Waals surface area contributed by atoms with E-state index in [0.717, 1.165) is 18.5 Å². The minimum Gasteiger partial charge on any atom is -0.376 e. The van der Waals surface area contributed by atoms with Gasteiger partial charge in [-0.05, 0) is 19.4 Å². The van der Waals surface area contributed by atoms with Gasteiger partial charge in [0.1, 0.15) is 0 Å².